The van der Waals surface area contributed by atoms with Crippen LogP contribution in [-0.2, 0) is 11.0 Å². The molecule has 0 saturated carbocycles. The van der Waals surface area contributed by atoms with Crippen LogP contribution in [0, 0.1) is 18.7 Å². The molecule has 2 aromatic rings. The molecule has 0 saturated heterocycles. The van der Waals surface area contributed by atoms with Crippen molar-refractivity contribution in [3.8, 4) is 0 Å². The summed E-state index contributed by atoms with van der Waals surface area (Å²) in [6.45, 7) is 9.73. The van der Waals surface area contributed by atoms with Crippen LogP contribution in [0.4, 0.5) is 23.4 Å². The number of nitrogens with two attached hydrogens (primary N) is 1. The third kappa shape index (κ3) is 11.5. The fourth-order valence-corrected chi connectivity index (χ4v) is 2.82. The summed E-state index contributed by atoms with van der Waals surface area (Å²) >= 11 is 0. The maximum absolute atomic E-state index is 12.6. The lowest BCUT2D eigenvalue weighted by Crippen LogP contribution is -2.07. The van der Waals surface area contributed by atoms with E-state index in [2.05, 4.69) is 25.9 Å². The molecule has 0 spiro atoms. The van der Waals surface area contributed by atoms with Gasteiger partial charge < -0.3 is 15.1 Å². The number of hydrogen-bond donors (Lipinski definition) is 1. The van der Waals surface area contributed by atoms with Crippen molar-refractivity contribution in [3.63, 3.8) is 0 Å². The molecular formula is C23H34F4N2O2. The van der Waals surface area contributed by atoms with Gasteiger partial charge in [0.05, 0.1) is 11.3 Å². The lowest BCUT2D eigenvalue weighted by atomic mass is 9.90. The largest absolute Gasteiger partial charge is 0.419 e. The van der Waals surface area contributed by atoms with Gasteiger partial charge in [0.2, 0.25) is 5.88 Å². The van der Waals surface area contributed by atoms with Gasteiger partial charge in [-0.2, -0.15) is 13.2 Å². The zero-order chi connectivity index (χ0) is 24.0. The standard InChI is InChI=1S/C13H24N2O.C8H6F4.C2H4O/c1-4-6-11(8-7-10(3)5-2)12-9-13(14)16-15-12;1-5-2-3-6(7(9)4-5)8(10,11)12;1-2-3/h9-11H,4-8,14H2,1-3H3;2-4H,1H3;2H,1H3. The summed E-state index contributed by atoms with van der Waals surface area (Å²) in [4.78, 5) is 8.81. The van der Waals surface area contributed by atoms with E-state index in [-0.39, 0.29) is 0 Å². The van der Waals surface area contributed by atoms with Gasteiger partial charge in [0.1, 0.15) is 12.1 Å². The molecule has 4 nitrogen and oxygen atoms in total. The van der Waals surface area contributed by atoms with E-state index in [0.29, 0.717) is 17.4 Å². The van der Waals surface area contributed by atoms with Crippen molar-refractivity contribution in [2.45, 2.75) is 78.8 Å². The molecule has 2 rings (SSSR count). The SMILES string of the molecule is CC=O.CCCC(CCC(C)CC)c1cc(N)on1.Cc1ccc(C(F)(F)F)c(F)c1. The van der Waals surface area contributed by atoms with Crippen LogP contribution in [0.15, 0.2) is 28.8 Å². The Labute approximate surface area is 182 Å². The Hall–Kier alpha value is -2.38. The number of alkyl halides is 3. The molecule has 0 amide bonds. The average molecular weight is 447 g/mol. The molecular weight excluding hydrogens is 412 g/mol. The Bertz CT molecular complexity index is 760. The van der Waals surface area contributed by atoms with Crippen LogP contribution in [0.25, 0.3) is 0 Å². The molecule has 1 heterocycles. The minimum atomic E-state index is -4.60. The number of anilines is 1. The van der Waals surface area contributed by atoms with E-state index in [0.717, 1.165) is 30.0 Å². The lowest BCUT2D eigenvalue weighted by Gasteiger charge is -2.15. The number of rotatable bonds is 7. The smallest absolute Gasteiger partial charge is 0.368 e. The Morgan fingerprint density at radius 1 is 1.16 bits per heavy atom. The molecule has 0 radical (unpaired) electrons. The van der Waals surface area contributed by atoms with Crippen molar-refractivity contribution in [1.82, 2.24) is 5.16 Å². The Kier molecular flexibility index (Phi) is 13.5. The fourth-order valence-electron chi connectivity index (χ4n) is 2.82. The van der Waals surface area contributed by atoms with E-state index in [4.69, 9.17) is 15.1 Å². The molecule has 2 N–H and O–H groups in total. The summed E-state index contributed by atoms with van der Waals surface area (Å²) in [7, 11) is 0. The topological polar surface area (TPSA) is 69.1 Å². The highest BCUT2D eigenvalue weighted by atomic mass is 19.4. The van der Waals surface area contributed by atoms with Crippen LogP contribution in [0.2, 0.25) is 0 Å². The maximum Gasteiger partial charge on any atom is 0.419 e. The number of aromatic nitrogens is 1. The molecule has 0 bridgehead atoms. The number of aryl methyl sites for hydroxylation is 1. The second-order valence-corrected chi connectivity index (χ2v) is 7.45. The van der Waals surface area contributed by atoms with Crippen molar-refractivity contribution in [2.24, 2.45) is 5.92 Å². The fraction of sp³-hybridized carbons (Fsp3) is 0.565. The Morgan fingerprint density at radius 2 is 1.77 bits per heavy atom. The van der Waals surface area contributed by atoms with Gasteiger partial charge in [0.15, 0.2) is 0 Å². The van der Waals surface area contributed by atoms with Gasteiger partial charge in [0, 0.05) is 12.0 Å². The molecule has 2 unspecified atom stereocenters. The highest BCUT2D eigenvalue weighted by Crippen LogP contribution is 2.31. The number of halogens is 4. The molecule has 2 atom stereocenters. The normalized spacial score (nSPS) is 12.7. The number of nitrogen functional groups attached to an aromatic ring is 1. The number of hydrogen-bond acceptors (Lipinski definition) is 4. The molecule has 0 fully saturated rings. The molecule has 1 aromatic carbocycles. The maximum atomic E-state index is 12.6. The van der Waals surface area contributed by atoms with Crippen molar-refractivity contribution in [1.29, 1.82) is 0 Å². The van der Waals surface area contributed by atoms with E-state index in [1.807, 2.05) is 6.07 Å². The first-order valence-corrected chi connectivity index (χ1v) is 10.4. The minimum Gasteiger partial charge on any atom is -0.368 e. The average Bonchev–Trinajstić information content (AvgIpc) is 3.11. The summed E-state index contributed by atoms with van der Waals surface area (Å²) in [5.41, 5.74) is 5.85. The summed E-state index contributed by atoms with van der Waals surface area (Å²) < 4.78 is 53.4. The predicted octanol–water partition coefficient (Wildman–Crippen LogP) is 7.32. The monoisotopic (exact) mass is 446 g/mol. The Balaban J connectivity index is 0.000000531. The number of carbonyl (C=O) groups excluding carboxylic acids is 1. The van der Waals surface area contributed by atoms with Gasteiger partial charge >= 0.3 is 6.18 Å². The predicted molar refractivity (Wildman–Crippen MR) is 115 cm³/mol. The van der Waals surface area contributed by atoms with Crippen molar-refractivity contribution in [3.05, 3.63) is 46.9 Å². The van der Waals surface area contributed by atoms with Crippen LogP contribution in [0.5, 0.6) is 0 Å². The van der Waals surface area contributed by atoms with Crippen LogP contribution >= 0.6 is 0 Å². The summed E-state index contributed by atoms with van der Waals surface area (Å²) in [6, 6.07) is 4.70. The van der Waals surface area contributed by atoms with Crippen molar-refractivity contribution < 1.29 is 26.9 Å². The van der Waals surface area contributed by atoms with Crippen LogP contribution < -0.4 is 5.73 Å². The lowest BCUT2D eigenvalue weighted by molar-refractivity contribution is -0.140. The number of benzene rings is 1. The van der Waals surface area contributed by atoms with Crippen LogP contribution in [-0.4, -0.2) is 11.4 Å². The van der Waals surface area contributed by atoms with E-state index >= 15 is 0 Å². The van der Waals surface area contributed by atoms with E-state index in [1.165, 1.54) is 52.0 Å². The first kappa shape index (κ1) is 28.6. The second kappa shape index (κ2) is 14.6. The van der Waals surface area contributed by atoms with E-state index in [9.17, 15) is 17.6 Å². The number of carbonyl (C=O) groups is 1. The van der Waals surface area contributed by atoms with E-state index < -0.39 is 17.6 Å². The molecule has 0 aliphatic rings. The van der Waals surface area contributed by atoms with Crippen molar-refractivity contribution >= 4 is 12.2 Å². The van der Waals surface area contributed by atoms with Gasteiger partial charge in [-0.25, -0.2) is 4.39 Å². The van der Waals surface area contributed by atoms with E-state index in [1.54, 1.807) is 0 Å². The van der Waals surface area contributed by atoms with Gasteiger partial charge in [-0.15, -0.1) is 0 Å². The quantitative estimate of drug-likeness (QED) is 0.357. The zero-order valence-corrected chi connectivity index (χ0v) is 18.9. The molecule has 31 heavy (non-hydrogen) atoms. The Morgan fingerprint density at radius 3 is 2.19 bits per heavy atom. The third-order valence-electron chi connectivity index (χ3n) is 4.74. The number of nitrogens with zero attached hydrogens (tertiary/aromatic N) is 1. The highest BCUT2D eigenvalue weighted by Gasteiger charge is 2.33. The summed E-state index contributed by atoms with van der Waals surface area (Å²) in [6.07, 6.45) is 2.20. The molecule has 0 aliphatic heterocycles. The van der Waals surface area contributed by atoms with Crippen LogP contribution in [0.3, 0.4) is 0 Å². The molecule has 1 aromatic heterocycles. The minimum absolute atomic E-state index is 0.430. The van der Waals surface area contributed by atoms with Crippen molar-refractivity contribution in [2.75, 3.05) is 5.73 Å². The summed E-state index contributed by atoms with van der Waals surface area (Å²) in [5.74, 6) is 0.519. The zero-order valence-electron chi connectivity index (χ0n) is 18.9. The second-order valence-electron chi connectivity index (χ2n) is 7.45. The molecule has 8 heteroatoms. The molecule has 176 valence electrons. The number of aldehydes is 1. The van der Waals surface area contributed by atoms with Gasteiger partial charge in [-0.05, 0) is 50.3 Å². The summed E-state index contributed by atoms with van der Waals surface area (Å²) in [5, 5.41) is 4.04. The van der Waals surface area contributed by atoms with Gasteiger partial charge in [-0.3, -0.25) is 0 Å². The van der Waals surface area contributed by atoms with Gasteiger partial charge in [0.25, 0.3) is 0 Å². The van der Waals surface area contributed by atoms with Gasteiger partial charge in [-0.1, -0.05) is 51.3 Å². The first-order valence-electron chi connectivity index (χ1n) is 10.4. The third-order valence-corrected chi connectivity index (χ3v) is 4.74. The van der Waals surface area contributed by atoms with Crippen LogP contribution in [0.1, 0.15) is 82.5 Å². The molecule has 0 aliphatic carbocycles. The highest BCUT2D eigenvalue weighted by molar-refractivity contribution is 5.44. The first-order chi connectivity index (χ1) is 14.5.